The molecule has 0 aliphatic rings. The van der Waals surface area contributed by atoms with Gasteiger partial charge in [0.1, 0.15) is 5.75 Å². The van der Waals surface area contributed by atoms with Crippen LogP contribution in [0.1, 0.15) is 47.9 Å². The quantitative estimate of drug-likeness (QED) is 0.749. The SMILES string of the molecule is CCNC(=O)c1cccc(NC(=O)c2ccc(OCCC(C)C)cc2)c1. The van der Waals surface area contributed by atoms with Gasteiger partial charge in [-0.3, -0.25) is 9.59 Å². The van der Waals surface area contributed by atoms with Crippen LogP contribution >= 0.6 is 0 Å². The Hall–Kier alpha value is -2.82. The molecule has 2 amide bonds. The normalized spacial score (nSPS) is 10.5. The van der Waals surface area contributed by atoms with E-state index < -0.39 is 0 Å². The van der Waals surface area contributed by atoms with Crippen molar-refractivity contribution >= 4 is 17.5 Å². The highest BCUT2D eigenvalue weighted by atomic mass is 16.5. The second kappa shape index (κ2) is 9.61. The van der Waals surface area contributed by atoms with Crippen molar-refractivity contribution in [2.24, 2.45) is 5.92 Å². The number of ether oxygens (including phenoxy) is 1. The number of anilines is 1. The van der Waals surface area contributed by atoms with Gasteiger partial charge >= 0.3 is 0 Å². The molecule has 0 heterocycles. The number of hydrogen-bond donors (Lipinski definition) is 2. The predicted octanol–water partition coefficient (Wildman–Crippen LogP) is 4.11. The molecule has 0 saturated heterocycles. The summed E-state index contributed by atoms with van der Waals surface area (Å²) in [6.07, 6.45) is 0.990. The lowest BCUT2D eigenvalue weighted by Crippen LogP contribution is -2.22. The van der Waals surface area contributed by atoms with Gasteiger partial charge in [-0.05, 0) is 61.7 Å². The summed E-state index contributed by atoms with van der Waals surface area (Å²) in [5.41, 5.74) is 1.62. The summed E-state index contributed by atoms with van der Waals surface area (Å²) in [6, 6.07) is 13.9. The Bertz CT molecular complexity index is 739. The summed E-state index contributed by atoms with van der Waals surface area (Å²) in [5.74, 6) is 0.953. The van der Waals surface area contributed by atoms with Crippen LogP contribution in [0, 0.1) is 5.92 Å². The monoisotopic (exact) mass is 354 g/mol. The van der Waals surface area contributed by atoms with E-state index in [1.807, 2.05) is 6.92 Å². The second-order valence-corrected chi connectivity index (χ2v) is 6.45. The number of carbonyl (C=O) groups excluding carboxylic acids is 2. The van der Waals surface area contributed by atoms with Gasteiger partial charge in [0.05, 0.1) is 6.61 Å². The topological polar surface area (TPSA) is 67.4 Å². The van der Waals surface area contributed by atoms with Gasteiger partial charge in [0.15, 0.2) is 0 Å². The van der Waals surface area contributed by atoms with Crippen LogP contribution in [-0.4, -0.2) is 25.0 Å². The first-order valence-electron chi connectivity index (χ1n) is 8.92. The molecule has 0 aliphatic heterocycles. The fourth-order valence-corrected chi connectivity index (χ4v) is 2.32. The number of benzene rings is 2. The standard InChI is InChI=1S/C21H26N2O3/c1-4-22-20(24)17-6-5-7-18(14-17)23-21(25)16-8-10-19(11-9-16)26-13-12-15(2)3/h5-11,14-15H,4,12-13H2,1-3H3,(H,22,24)(H,23,25). The van der Waals surface area contributed by atoms with Gasteiger partial charge in [0, 0.05) is 23.4 Å². The number of hydrogen-bond acceptors (Lipinski definition) is 3. The molecule has 0 spiro atoms. The summed E-state index contributed by atoms with van der Waals surface area (Å²) in [5, 5.41) is 5.55. The van der Waals surface area contributed by atoms with Gasteiger partial charge in [-0.15, -0.1) is 0 Å². The van der Waals surface area contributed by atoms with E-state index in [1.165, 1.54) is 0 Å². The van der Waals surface area contributed by atoms with Crippen molar-refractivity contribution in [2.75, 3.05) is 18.5 Å². The lowest BCUT2D eigenvalue weighted by molar-refractivity contribution is 0.0954. The van der Waals surface area contributed by atoms with Crippen LogP contribution in [0.3, 0.4) is 0 Å². The third kappa shape index (κ3) is 5.92. The fourth-order valence-electron chi connectivity index (χ4n) is 2.32. The zero-order chi connectivity index (χ0) is 18.9. The summed E-state index contributed by atoms with van der Waals surface area (Å²) < 4.78 is 5.66. The molecular weight excluding hydrogens is 328 g/mol. The molecule has 2 N–H and O–H groups in total. The maximum atomic E-state index is 12.4. The Morgan fingerprint density at radius 3 is 2.38 bits per heavy atom. The largest absolute Gasteiger partial charge is 0.494 e. The average Bonchev–Trinajstić information content (AvgIpc) is 2.62. The molecule has 0 saturated carbocycles. The number of rotatable bonds is 8. The summed E-state index contributed by atoms with van der Waals surface area (Å²) in [6.45, 7) is 7.38. The van der Waals surface area contributed by atoms with E-state index >= 15 is 0 Å². The third-order valence-electron chi connectivity index (χ3n) is 3.80. The number of amides is 2. The van der Waals surface area contributed by atoms with E-state index in [1.54, 1.807) is 48.5 Å². The molecule has 2 aromatic carbocycles. The zero-order valence-electron chi connectivity index (χ0n) is 15.5. The minimum atomic E-state index is -0.230. The molecule has 5 nitrogen and oxygen atoms in total. The highest BCUT2D eigenvalue weighted by molar-refractivity contribution is 6.05. The van der Waals surface area contributed by atoms with E-state index in [0.717, 1.165) is 12.2 Å². The van der Waals surface area contributed by atoms with Gasteiger partial charge in [-0.1, -0.05) is 19.9 Å². The van der Waals surface area contributed by atoms with E-state index in [4.69, 9.17) is 4.74 Å². The molecule has 5 heteroatoms. The Morgan fingerprint density at radius 2 is 1.73 bits per heavy atom. The van der Waals surface area contributed by atoms with Crippen molar-refractivity contribution in [2.45, 2.75) is 27.2 Å². The van der Waals surface area contributed by atoms with Gasteiger partial charge in [0.25, 0.3) is 11.8 Å². The van der Waals surface area contributed by atoms with Gasteiger partial charge in [0.2, 0.25) is 0 Å². The average molecular weight is 354 g/mol. The van der Waals surface area contributed by atoms with Crippen LogP contribution in [-0.2, 0) is 0 Å². The molecule has 0 unspecified atom stereocenters. The van der Waals surface area contributed by atoms with Crippen LogP contribution in [0.5, 0.6) is 5.75 Å². The lowest BCUT2D eigenvalue weighted by atomic mass is 10.1. The first-order chi connectivity index (χ1) is 12.5. The van der Waals surface area contributed by atoms with E-state index in [-0.39, 0.29) is 11.8 Å². The second-order valence-electron chi connectivity index (χ2n) is 6.45. The van der Waals surface area contributed by atoms with Crippen LogP contribution < -0.4 is 15.4 Å². The van der Waals surface area contributed by atoms with Crippen molar-refractivity contribution in [3.63, 3.8) is 0 Å². The Balaban J connectivity index is 1.97. The number of nitrogens with one attached hydrogen (secondary N) is 2. The zero-order valence-corrected chi connectivity index (χ0v) is 15.5. The maximum Gasteiger partial charge on any atom is 0.255 e. The highest BCUT2D eigenvalue weighted by Gasteiger charge is 2.09. The van der Waals surface area contributed by atoms with Crippen LogP contribution in [0.15, 0.2) is 48.5 Å². The first-order valence-corrected chi connectivity index (χ1v) is 8.92. The lowest BCUT2D eigenvalue weighted by Gasteiger charge is -2.10. The Labute approximate surface area is 154 Å². The number of carbonyl (C=O) groups is 2. The summed E-state index contributed by atoms with van der Waals surface area (Å²) in [4.78, 5) is 24.3. The molecule has 0 radical (unpaired) electrons. The van der Waals surface area contributed by atoms with Gasteiger partial charge in [-0.2, -0.15) is 0 Å². The first kappa shape index (κ1) is 19.5. The fraction of sp³-hybridized carbons (Fsp3) is 0.333. The molecule has 2 aromatic rings. The van der Waals surface area contributed by atoms with E-state index in [9.17, 15) is 9.59 Å². The van der Waals surface area contributed by atoms with Crippen LogP contribution in [0.4, 0.5) is 5.69 Å². The molecule has 2 rings (SSSR count). The molecule has 0 aliphatic carbocycles. The third-order valence-corrected chi connectivity index (χ3v) is 3.80. The summed E-state index contributed by atoms with van der Waals surface area (Å²) >= 11 is 0. The molecule has 0 aromatic heterocycles. The van der Waals surface area contributed by atoms with Crippen molar-refractivity contribution in [1.29, 1.82) is 0 Å². The van der Waals surface area contributed by atoms with Crippen molar-refractivity contribution in [1.82, 2.24) is 5.32 Å². The molecule has 0 atom stereocenters. The maximum absolute atomic E-state index is 12.4. The van der Waals surface area contributed by atoms with Crippen LogP contribution in [0.25, 0.3) is 0 Å². The van der Waals surface area contributed by atoms with Crippen LogP contribution in [0.2, 0.25) is 0 Å². The van der Waals surface area contributed by atoms with Gasteiger partial charge in [-0.25, -0.2) is 0 Å². The molecule has 0 bridgehead atoms. The minimum absolute atomic E-state index is 0.161. The van der Waals surface area contributed by atoms with E-state index in [2.05, 4.69) is 24.5 Å². The van der Waals surface area contributed by atoms with E-state index in [0.29, 0.717) is 35.9 Å². The molecule has 26 heavy (non-hydrogen) atoms. The predicted molar refractivity (Wildman–Crippen MR) is 104 cm³/mol. The molecule has 138 valence electrons. The highest BCUT2D eigenvalue weighted by Crippen LogP contribution is 2.16. The van der Waals surface area contributed by atoms with Crippen molar-refractivity contribution in [3.05, 3.63) is 59.7 Å². The summed E-state index contributed by atoms with van der Waals surface area (Å²) in [7, 11) is 0. The van der Waals surface area contributed by atoms with Crippen molar-refractivity contribution in [3.8, 4) is 5.75 Å². The Kier molecular flexibility index (Phi) is 7.21. The smallest absolute Gasteiger partial charge is 0.255 e. The van der Waals surface area contributed by atoms with Gasteiger partial charge < -0.3 is 15.4 Å². The Morgan fingerprint density at radius 1 is 1.00 bits per heavy atom. The minimum Gasteiger partial charge on any atom is -0.494 e. The molecule has 0 fully saturated rings. The van der Waals surface area contributed by atoms with Crippen molar-refractivity contribution < 1.29 is 14.3 Å². The molecular formula is C21H26N2O3.